The number of likely N-dealkylation sites (tertiary alicyclic amines) is 1. The summed E-state index contributed by atoms with van der Waals surface area (Å²) in [4.78, 5) is 24.9. The Balaban J connectivity index is 0.000000273. The van der Waals surface area contributed by atoms with Crippen LogP contribution in [-0.4, -0.2) is 51.7 Å². The van der Waals surface area contributed by atoms with Crippen LogP contribution in [-0.2, 0) is 4.79 Å². The Kier molecular flexibility index (Phi) is 7.75. The number of aromatic nitrogens is 2. The van der Waals surface area contributed by atoms with Gasteiger partial charge in [-0.2, -0.15) is 5.10 Å². The molecule has 27 heavy (non-hydrogen) atoms. The predicted octanol–water partition coefficient (Wildman–Crippen LogP) is 2.33. The van der Waals surface area contributed by atoms with Crippen molar-refractivity contribution in [2.24, 2.45) is 0 Å². The smallest absolute Gasteiger partial charge is 0.356 e. The summed E-state index contributed by atoms with van der Waals surface area (Å²) in [5.41, 5.74) is 5.98. The monoisotopic (exact) mass is 377 g/mol. The van der Waals surface area contributed by atoms with Gasteiger partial charge in [-0.05, 0) is 50.2 Å². The Hall–Kier alpha value is -2.94. The predicted molar refractivity (Wildman–Crippen MR) is 99.9 cm³/mol. The van der Waals surface area contributed by atoms with Gasteiger partial charge in [0.2, 0.25) is 5.91 Å². The Labute approximate surface area is 156 Å². The molecule has 1 fully saturated rings. The van der Waals surface area contributed by atoms with Crippen LogP contribution in [0.5, 0.6) is 0 Å². The van der Waals surface area contributed by atoms with E-state index in [1.807, 2.05) is 0 Å². The number of carboxylic acid groups (broad SMARTS) is 1. The van der Waals surface area contributed by atoms with E-state index in [9.17, 15) is 14.0 Å². The fraction of sp³-hybridized carbons (Fsp3) is 0.389. The molecule has 0 saturated carbocycles. The van der Waals surface area contributed by atoms with Crippen LogP contribution >= 0.6 is 0 Å². The molecule has 0 radical (unpaired) electrons. The van der Waals surface area contributed by atoms with Crippen LogP contribution < -0.4 is 11.1 Å². The zero-order valence-electron chi connectivity index (χ0n) is 14.9. The first-order valence-corrected chi connectivity index (χ1v) is 8.75. The van der Waals surface area contributed by atoms with Crippen molar-refractivity contribution in [2.75, 3.05) is 30.7 Å². The van der Waals surface area contributed by atoms with E-state index in [0.29, 0.717) is 18.7 Å². The molecule has 1 amide bonds. The van der Waals surface area contributed by atoms with E-state index < -0.39 is 5.97 Å². The molecule has 3 rings (SSSR count). The zero-order chi connectivity index (χ0) is 19.6. The molecule has 0 unspecified atom stereocenters. The Morgan fingerprint density at radius 2 is 1.89 bits per heavy atom. The number of halogens is 1. The SMILES string of the molecule is Nc1ccc(F)cc1.O=C(CCN1CCCCC1)Nc1cn[nH]c1C(=O)O. The molecule has 5 N–H and O–H groups in total. The number of aromatic carboxylic acids is 1. The summed E-state index contributed by atoms with van der Waals surface area (Å²) in [6, 6.07) is 5.70. The first-order valence-electron chi connectivity index (χ1n) is 8.75. The van der Waals surface area contributed by atoms with E-state index in [1.54, 1.807) is 0 Å². The highest BCUT2D eigenvalue weighted by Crippen LogP contribution is 2.12. The van der Waals surface area contributed by atoms with Gasteiger partial charge in [0, 0.05) is 18.7 Å². The number of amides is 1. The van der Waals surface area contributed by atoms with Crippen molar-refractivity contribution in [3.05, 3.63) is 42.0 Å². The van der Waals surface area contributed by atoms with Crippen molar-refractivity contribution in [1.29, 1.82) is 0 Å². The van der Waals surface area contributed by atoms with Gasteiger partial charge in [0.05, 0.1) is 11.9 Å². The lowest BCUT2D eigenvalue weighted by atomic mass is 10.1. The van der Waals surface area contributed by atoms with Crippen LogP contribution in [0.15, 0.2) is 30.5 Å². The van der Waals surface area contributed by atoms with E-state index in [0.717, 1.165) is 13.1 Å². The molecule has 0 spiro atoms. The lowest BCUT2D eigenvalue weighted by Crippen LogP contribution is -2.32. The van der Waals surface area contributed by atoms with Crippen molar-refractivity contribution in [3.63, 3.8) is 0 Å². The molecule has 1 saturated heterocycles. The van der Waals surface area contributed by atoms with Crippen molar-refractivity contribution < 1.29 is 19.1 Å². The van der Waals surface area contributed by atoms with Gasteiger partial charge in [0.15, 0.2) is 5.69 Å². The van der Waals surface area contributed by atoms with Gasteiger partial charge in [-0.15, -0.1) is 0 Å². The van der Waals surface area contributed by atoms with Crippen molar-refractivity contribution in [3.8, 4) is 0 Å². The first-order chi connectivity index (χ1) is 13.0. The Morgan fingerprint density at radius 1 is 1.22 bits per heavy atom. The second kappa shape index (κ2) is 10.3. The molecule has 1 aliphatic heterocycles. The fourth-order valence-corrected chi connectivity index (χ4v) is 2.66. The zero-order valence-corrected chi connectivity index (χ0v) is 14.9. The third-order valence-corrected chi connectivity index (χ3v) is 4.10. The molecule has 146 valence electrons. The average Bonchev–Trinajstić information content (AvgIpc) is 3.12. The van der Waals surface area contributed by atoms with Gasteiger partial charge in [-0.1, -0.05) is 6.42 Å². The Morgan fingerprint density at radius 3 is 2.48 bits per heavy atom. The summed E-state index contributed by atoms with van der Waals surface area (Å²) >= 11 is 0. The lowest BCUT2D eigenvalue weighted by Gasteiger charge is -2.25. The fourth-order valence-electron chi connectivity index (χ4n) is 2.66. The van der Waals surface area contributed by atoms with E-state index in [1.165, 1.54) is 49.7 Å². The number of nitrogen functional groups attached to an aromatic ring is 1. The standard InChI is InChI=1S/C12H18N4O3.C6H6FN/c17-10(4-7-16-5-2-1-3-6-16)14-9-8-13-15-11(9)12(18)19;7-5-1-3-6(8)4-2-5/h8H,1-7H2,(H,13,15)(H,14,17)(H,18,19);1-4H,8H2. The third kappa shape index (κ3) is 7.06. The number of rotatable bonds is 5. The molecule has 0 atom stereocenters. The van der Waals surface area contributed by atoms with Crippen LogP contribution in [0.2, 0.25) is 0 Å². The number of benzene rings is 1. The van der Waals surface area contributed by atoms with Crippen LogP contribution in [0, 0.1) is 5.82 Å². The number of hydrogen-bond donors (Lipinski definition) is 4. The molecule has 1 aromatic carbocycles. The van der Waals surface area contributed by atoms with Crippen LogP contribution in [0.4, 0.5) is 15.8 Å². The minimum absolute atomic E-state index is 0.0914. The average molecular weight is 377 g/mol. The number of nitrogens with one attached hydrogen (secondary N) is 2. The highest BCUT2D eigenvalue weighted by Gasteiger charge is 2.16. The number of aromatic amines is 1. The number of nitrogens with zero attached hydrogens (tertiary/aromatic N) is 2. The lowest BCUT2D eigenvalue weighted by molar-refractivity contribution is -0.116. The van der Waals surface area contributed by atoms with Crippen LogP contribution in [0.3, 0.4) is 0 Å². The van der Waals surface area contributed by atoms with Gasteiger partial charge in [0.25, 0.3) is 0 Å². The number of anilines is 2. The Bertz CT molecular complexity index is 721. The third-order valence-electron chi connectivity index (χ3n) is 4.10. The molecule has 1 aliphatic rings. The van der Waals surface area contributed by atoms with Crippen LogP contribution in [0.25, 0.3) is 0 Å². The maximum Gasteiger partial charge on any atom is 0.356 e. The molecule has 0 aliphatic carbocycles. The van der Waals surface area contributed by atoms with Gasteiger partial charge in [0.1, 0.15) is 5.82 Å². The van der Waals surface area contributed by atoms with E-state index in [4.69, 9.17) is 10.8 Å². The van der Waals surface area contributed by atoms with E-state index in [2.05, 4.69) is 20.4 Å². The minimum Gasteiger partial charge on any atom is -0.476 e. The second-order valence-electron chi connectivity index (χ2n) is 6.22. The second-order valence-corrected chi connectivity index (χ2v) is 6.22. The molecule has 2 aromatic rings. The highest BCUT2D eigenvalue weighted by molar-refractivity contribution is 5.98. The number of nitrogens with two attached hydrogens (primary N) is 1. The molecule has 9 heteroatoms. The van der Waals surface area contributed by atoms with E-state index >= 15 is 0 Å². The summed E-state index contributed by atoms with van der Waals surface area (Å²) in [7, 11) is 0. The number of carbonyl (C=O) groups excluding carboxylic acids is 1. The highest BCUT2D eigenvalue weighted by atomic mass is 19.1. The summed E-state index contributed by atoms with van der Waals surface area (Å²) in [5, 5.41) is 17.4. The van der Waals surface area contributed by atoms with E-state index in [-0.39, 0.29) is 23.1 Å². The minimum atomic E-state index is -1.14. The maximum atomic E-state index is 12.0. The number of piperidine rings is 1. The molecule has 0 bridgehead atoms. The number of carbonyl (C=O) groups is 2. The van der Waals surface area contributed by atoms with Crippen molar-refractivity contribution >= 4 is 23.3 Å². The van der Waals surface area contributed by atoms with Gasteiger partial charge in [-0.3, -0.25) is 9.89 Å². The normalized spacial score (nSPS) is 14.1. The van der Waals surface area contributed by atoms with Crippen molar-refractivity contribution in [1.82, 2.24) is 15.1 Å². The number of hydrogen-bond acceptors (Lipinski definition) is 5. The molecule has 1 aromatic heterocycles. The first kappa shape index (κ1) is 20.4. The summed E-state index contributed by atoms with van der Waals surface area (Å²) in [6.45, 7) is 2.80. The molecule has 8 nitrogen and oxygen atoms in total. The summed E-state index contributed by atoms with van der Waals surface area (Å²) < 4.78 is 12.0. The van der Waals surface area contributed by atoms with Gasteiger partial charge >= 0.3 is 5.97 Å². The molecular formula is C18H24FN5O3. The largest absolute Gasteiger partial charge is 0.476 e. The maximum absolute atomic E-state index is 12.0. The van der Waals surface area contributed by atoms with Crippen molar-refractivity contribution in [2.45, 2.75) is 25.7 Å². The summed E-state index contributed by atoms with van der Waals surface area (Å²) in [5.74, 6) is -1.57. The number of H-pyrrole nitrogens is 1. The molecule has 2 heterocycles. The quantitative estimate of drug-likeness (QED) is 0.593. The molecular weight excluding hydrogens is 353 g/mol. The van der Waals surface area contributed by atoms with Gasteiger partial charge < -0.3 is 21.1 Å². The number of carboxylic acids is 1. The van der Waals surface area contributed by atoms with Crippen LogP contribution in [0.1, 0.15) is 36.2 Å². The topological polar surface area (TPSA) is 124 Å². The van der Waals surface area contributed by atoms with Gasteiger partial charge in [-0.25, -0.2) is 9.18 Å². The summed E-state index contributed by atoms with van der Waals surface area (Å²) in [6.07, 6.45) is 5.31.